The molecule has 35 heavy (non-hydrogen) atoms. The van der Waals surface area contributed by atoms with Gasteiger partial charge in [0.15, 0.2) is 5.78 Å². The number of allylic oxidation sites excluding steroid dienone is 1. The van der Waals surface area contributed by atoms with E-state index >= 15 is 0 Å². The quantitative estimate of drug-likeness (QED) is 0.415. The molecule has 196 valence electrons. The number of carboxylic acid groups (broad SMARTS) is 1. The highest BCUT2D eigenvalue weighted by molar-refractivity contribution is 5.99. The lowest BCUT2D eigenvalue weighted by molar-refractivity contribution is -0.174. The molecule has 0 amide bonds. The normalized spacial score (nSPS) is 44.8. The summed E-state index contributed by atoms with van der Waals surface area (Å²) >= 11 is 0. The fraction of sp³-hybridized carbons (Fsp3) is 0.793. The molecule has 4 aliphatic carbocycles. The highest BCUT2D eigenvalue weighted by Crippen LogP contribution is 2.66. The minimum absolute atomic E-state index is 0.0974. The smallest absolute Gasteiger partial charge is 0.310 e. The number of aliphatic carboxylic acids is 1. The van der Waals surface area contributed by atoms with Crippen LogP contribution in [0.15, 0.2) is 23.3 Å². The number of hydrogen-bond donors (Lipinski definition) is 4. The highest BCUT2D eigenvalue weighted by atomic mass is 16.4. The van der Waals surface area contributed by atoms with Gasteiger partial charge in [0.2, 0.25) is 0 Å². The SMILES string of the molecule is C=C(CC[C@@H](C)[C@H]1CC[C@H]2C3=C(C(=O)C[C@]12C)[C@@]1(C)CC[C@@H](O)[C@](C)(O)[C@@H]1C[C@@H]3O)[C@H](C)C(=O)O. The maximum Gasteiger partial charge on any atom is 0.310 e. The zero-order chi connectivity index (χ0) is 26.1. The first-order chi connectivity index (χ1) is 16.2. The first kappa shape index (κ1) is 26.6. The molecule has 0 aliphatic heterocycles. The number of ketones is 1. The van der Waals surface area contributed by atoms with Gasteiger partial charge in [0.05, 0.1) is 23.7 Å². The first-order valence-corrected chi connectivity index (χ1v) is 13.4. The molecule has 6 heteroatoms. The van der Waals surface area contributed by atoms with E-state index in [9.17, 15) is 30.0 Å². The van der Waals surface area contributed by atoms with Gasteiger partial charge in [-0.25, -0.2) is 0 Å². The molecule has 6 nitrogen and oxygen atoms in total. The molecule has 0 spiro atoms. The van der Waals surface area contributed by atoms with E-state index in [1.165, 1.54) is 0 Å². The van der Waals surface area contributed by atoms with Gasteiger partial charge >= 0.3 is 5.97 Å². The molecule has 2 fully saturated rings. The second kappa shape index (κ2) is 8.81. The Morgan fingerprint density at radius 2 is 1.80 bits per heavy atom. The number of Topliss-reactive ketones (excluding diaryl/α,β-unsaturated/α-hetero) is 1. The van der Waals surface area contributed by atoms with Crippen molar-refractivity contribution in [2.75, 3.05) is 0 Å². The molecule has 10 atom stereocenters. The third kappa shape index (κ3) is 3.95. The third-order valence-electron chi connectivity index (χ3n) is 11.0. The van der Waals surface area contributed by atoms with Crippen molar-refractivity contribution >= 4 is 11.8 Å². The Kier molecular flexibility index (Phi) is 6.69. The summed E-state index contributed by atoms with van der Waals surface area (Å²) in [5.74, 6) is -0.914. The molecule has 2 saturated carbocycles. The monoisotopic (exact) mass is 488 g/mol. The number of carbonyl (C=O) groups is 2. The van der Waals surface area contributed by atoms with Gasteiger partial charge in [-0.15, -0.1) is 0 Å². The maximum atomic E-state index is 13.9. The molecule has 0 unspecified atom stereocenters. The highest BCUT2D eigenvalue weighted by Gasteiger charge is 2.63. The lowest BCUT2D eigenvalue weighted by Crippen LogP contribution is -2.61. The predicted octanol–water partition coefficient (Wildman–Crippen LogP) is 4.27. The Bertz CT molecular complexity index is 949. The standard InChI is InChI=1S/C29H44O6/c1-15(17(3)26(33)34)7-8-16(2)18-9-10-19-24-20(30)13-22-27(4,12-11-23(32)29(22,6)35)25(24)21(31)14-28(18,19)5/h16-20,22-23,30,32,35H,1,7-14H2,2-6H3,(H,33,34)/t16-,17+,18-,19+,20+,22-,23-,27+,28-,29-/m1/s1. The second-order valence-electron chi connectivity index (χ2n) is 12.9. The van der Waals surface area contributed by atoms with Gasteiger partial charge in [0, 0.05) is 23.3 Å². The zero-order valence-corrected chi connectivity index (χ0v) is 22.0. The fourth-order valence-corrected chi connectivity index (χ4v) is 8.71. The van der Waals surface area contributed by atoms with Gasteiger partial charge in [0.1, 0.15) is 0 Å². The van der Waals surface area contributed by atoms with Crippen molar-refractivity contribution in [2.45, 2.75) is 104 Å². The van der Waals surface area contributed by atoms with Gasteiger partial charge < -0.3 is 20.4 Å². The zero-order valence-electron chi connectivity index (χ0n) is 22.0. The Balaban J connectivity index is 1.62. The molecule has 0 saturated heterocycles. The van der Waals surface area contributed by atoms with E-state index in [4.69, 9.17) is 0 Å². The van der Waals surface area contributed by atoms with Crippen LogP contribution in [-0.4, -0.2) is 50.0 Å². The largest absolute Gasteiger partial charge is 0.481 e. The number of rotatable bonds is 6. The van der Waals surface area contributed by atoms with Gasteiger partial charge in [-0.05, 0) is 87.5 Å². The van der Waals surface area contributed by atoms with Crippen molar-refractivity contribution in [3.05, 3.63) is 23.3 Å². The summed E-state index contributed by atoms with van der Waals surface area (Å²) in [5.41, 5.74) is 0.277. The minimum Gasteiger partial charge on any atom is -0.481 e. The number of carbonyl (C=O) groups excluding carboxylic acids is 1. The number of hydrogen-bond acceptors (Lipinski definition) is 5. The van der Waals surface area contributed by atoms with Crippen LogP contribution in [-0.2, 0) is 9.59 Å². The number of aliphatic hydroxyl groups is 3. The molecule has 0 bridgehead atoms. The molecular formula is C29H44O6. The van der Waals surface area contributed by atoms with E-state index in [0.717, 1.165) is 36.0 Å². The summed E-state index contributed by atoms with van der Waals surface area (Å²) in [6.45, 7) is 13.8. The lowest BCUT2D eigenvalue weighted by atomic mass is 9.47. The van der Waals surface area contributed by atoms with Gasteiger partial charge in [0.25, 0.3) is 0 Å². The average Bonchev–Trinajstić information content (AvgIpc) is 3.12. The summed E-state index contributed by atoms with van der Waals surface area (Å²) < 4.78 is 0. The second-order valence-corrected chi connectivity index (χ2v) is 12.9. The predicted molar refractivity (Wildman–Crippen MR) is 133 cm³/mol. The van der Waals surface area contributed by atoms with Crippen LogP contribution in [0.5, 0.6) is 0 Å². The Hall–Kier alpha value is -1.50. The van der Waals surface area contributed by atoms with Crippen molar-refractivity contribution in [3.8, 4) is 0 Å². The van der Waals surface area contributed by atoms with E-state index in [1.54, 1.807) is 13.8 Å². The Labute approximate surface area is 209 Å². The molecule has 0 aromatic heterocycles. The topological polar surface area (TPSA) is 115 Å². The number of fused-ring (bicyclic) bond motifs is 4. The average molecular weight is 489 g/mol. The summed E-state index contributed by atoms with van der Waals surface area (Å²) in [6, 6.07) is 0. The third-order valence-corrected chi connectivity index (χ3v) is 11.0. The molecule has 0 radical (unpaired) electrons. The molecule has 0 heterocycles. The number of carboxylic acids is 1. The fourth-order valence-electron chi connectivity index (χ4n) is 8.71. The molecule has 4 rings (SSSR count). The van der Waals surface area contributed by atoms with E-state index < -0.39 is 35.1 Å². The number of aliphatic hydroxyl groups excluding tert-OH is 2. The van der Waals surface area contributed by atoms with E-state index in [1.807, 2.05) is 0 Å². The molecular weight excluding hydrogens is 444 g/mol. The van der Waals surface area contributed by atoms with Crippen LogP contribution in [0.4, 0.5) is 0 Å². The molecule has 0 aromatic rings. The van der Waals surface area contributed by atoms with Crippen molar-refractivity contribution in [1.29, 1.82) is 0 Å². The van der Waals surface area contributed by atoms with E-state index in [2.05, 4.69) is 27.4 Å². The van der Waals surface area contributed by atoms with Gasteiger partial charge in [-0.3, -0.25) is 9.59 Å². The summed E-state index contributed by atoms with van der Waals surface area (Å²) in [4.78, 5) is 25.2. The first-order valence-electron chi connectivity index (χ1n) is 13.4. The van der Waals surface area contributed by atoms with Crippen molar-refractivity contribution < 1.29 is 30.0 Å². The Morgan fingerprint density at radius 1 is 1.14 bits per heavy atom. The van der Waals surface area contributed by atoms with Crippen LogP contribution in [0.25, 0.3) is 0 Å². The van der Waals surface area contributed by atoms with E-state index in [0.29, 0.717) is 43.9 Å². The van der Waals surface area contributed by atoms with Crippen LogP contribution in [0.2, 0.25) is 0 Å². The van der Waals surface area contributed by atoms with Crippen LogP contribution in [0.3, 0.4) is 0 Å². The van der Waals surface area contributed by atoms with Crippen molar-refractivity contribution in [2.24, 2.45) is 40.4 Å². The maximum absolute atomic E-state index is 13.9. The summed E-state index contributed by atoms with van der Waals surface area (Å²) in [5, 5.41) is 42.4. The minimum atomic E-state index is -1.34. The molecule has 4 aliphatic rings. The van der Waals surface area contributed by atoms with Crippen LogP contribution in [0.1, 0.15) is 86.0 Å². The molecule has 4 N–H and O–H groups in total. The molecule has 0 aromatic carbocycles. The lowest BCUT2D eigenvalue weighted by Gasteiger charge is -2.59. The van der Waals surface area contributed by atoms with E-state index in [-0.39, 0.29) is 23.0 Å². The summed E-state index contributed by atoms with van der Waals surface area (Å²) in [6.07, 6.45) is 3.68. The van der Waals surface area contributed by atoms with Crippen molar-refractivity contribution in [1.82, 2.24) is 0 Å². The van der Waals surface area contributed by atoms with Gasteiger partial charge in [-0.2, -0.15) is 0 Å². The van der Waals surface area contributed by atoms with Crippen molar-refractivity contribution in [3.63, 3.8) is 0 Å². The van der Waals surface area contributed by atoms with Crippen LogP contribution < -0.4 is 0 Å². The van der Waals surface area contributed by atoms with Crippen LogP contribution >= 0.6 is 0 Å². The van der Waals surface area contributed by atoms with Crippen LogP contribution in [0, 0.1) is 40.4 Å². The summed E-state index contributed by atoms with van der Waals surface area (Å²) in [7, 11) is 0. The van der Waals surface area contributed by atoms with Gasteiger partial charge in [-0.1, -0.05) is 32.9 Å². The Morgan fingerprint density at radius 3 is 2.43 bits per heavy atom.